The summed E-state index contributed by atoms with van der Waals surface area (Å²) in [6.45, 7) is 0. The van der Waals surface area contributed by atoms with E-state index in [1.165, 1.54) is 18.6 Å². The van der Waals surface area contributed by atoms with E-state index in [9.17, 15) is 4.79 Å². The van der Waals surface area contributed by atoms with Gasteiger partial charge in [-0.25, -0.2) is 4.98 Å². The third-order valence-corrected chi connectivity index (χ3v) is 3.22. The predicted molar refractivity (Wildman–Crippen MR) is 69.1 cm³/mol. The molecule has 0 fully saturated rings. The van der Waals surface area contributed by atoms with Gasteiger partial charge in [0.1, 0.15) is 0 Å². The normalized spacial score (nSPS) is 10.0. The average molecular weight is 313 g/mol. The number of amides is 1. The van der Waals surface area contributed by atoms with Gasteiger partial charge in [-0.3, -0.25) is 9.78 Å². The number of hydrogen-bond donors (Lipinski definition) is 1. The fraction of sp³-hybridized carbons (Fsp3) is 0. The Balaban J connectivity index is 2.18. The van der Waals surface area contributed by atoms with Crippen LogP contribution in [-0.2, 0) is 0 Å². The molecule has 0 atom stereocenters. The third-order valence-electron chi connectivity index (χ3n) is 1.99. The van der Waals surface area contributed by atoms with Gasteiger partial charge in [-0.2, -0.15) is 0 Å². The van der Waals surface area contributed by atoms with Gasteiger partial charge in [0.15, 0.2) is 5.82 Å². The first-order chi connectivity index (χ1) is 8.16. The number of carbonyl (C=O) groups is 1. The molecule has 1 amide bonds. The van der Waals surface area contributed by atoms with E-state index in [1.807, 2.05) is 0 Å². The van der Waals surface area contributed by atoms with Crippen molar-refractivity contribution >= 4 is 39.3 Å². The van der Waals surface area contributed by atoms with Crippen LogP contribution in [0.2, 0.25) is 5.02 Å². The van der Waals surface area contributed by atoms with E-state index in [1.54, 1.807) is 18.2 Å². The molecule has 0 saturated heterocycles. The van der Waals surface area contributed by atoms with E-state index in [0.717, 1.165) is 4.47 Å². The first-order valence-electron chi connectivity index (χ1n) is 4.69. The van der Waals surface area contributed by atoms with Crippen molar-refractivity contribution in [3.63, 3.8) is 0 Å². The molecule has 0 unspecified atom stereocenters. The van der Waals surface area contributed by atoms with Crippen LogP contribution in [0.4, 0.5) is 5.82 Å². The number of aromatic nitrogens is 2. The summed E-state index contributed by atoms with van der Waals surface area (Å²) in [5.41, 5.74) is 0.462. The number of nitrogens with one attached hydrogen (secondary N) is 1. The first-order valence-corrected chi connectivity index (χ1v) is 5.86. The summed E-state index contributed by atoms with van der Waals surface area (Å²) in [4.78, 5) is 19.6. The second-order valence-corrected chi connectivity index (χ2v) is 4.44. The lowest BCUT2D eigenvalue weighted by Gasteiger charge is -2.04. The van der Waals surface area contributed by atoms with Gasteiger partial charge in [-0.1, -0.05) is 11.6 Å². The summed E-state index contributed by atoms with van der Waals surface area (Å²) in [6.07, 6.45) is 4.51. The van der Waals surface area contributed by atoms with Gasteiger partial charge in [0.05, 0.1) is 11.2 Å². The van der Waals surface area contributed by atoms with E-state index < -0.39 is 0 Å². The smallest absolute Gasteiger partial charge is 0.256 e. The molecule has 2 aromatic rings. The fourth-order valence-corrected chi connectivity index (χ4v) is 1.62. The lowest BCUT2D eigenvalue weighted by atomic mass is 10.2. The molecule has 0 aliphatic heterocycles. The zero-order valence-corrected chi connectivity index (χ0v) is 10.9. The molecule has 1 N–H and O–H groups in total. The van der Waals surface area contributed by atoms with Crippen LogP contribution in [0.25, 0.3) is 0 Å². The molecule has 0 aliphatic carbocycles. The number of hydrogen-bond acceptors (Lipinski definition) is 3. The van der Waals surface area contributed by atoms with Crippen LogP contribution in [0.5, 0.6) is 0 Å². The minimum atomic E-state index is -0.278. The van der Waals surface area contributed by atoms with E-state index in [4.69, 9.17) is 11.6 Å². The van der Waals surface area contributed by atoms with Gasteiger partial charge < -0.3 is 5.32 Å². The average Bonchev–Trinajstić information content (AvgIpc) is 2.34. The van der Waals surface area contributed by atoms with E-state index >= 15 is 0 Å². The van der Waals surface area contributed by atoms with E-state index in [-0.39, 0.29) is 5.91 Å². The highest BCUT2D eigenvalue weighted by atomic mass is 79.9. The second kappa shape index (κ2) is 5.25. The van der Waals surface area contributed by atoms with Gasteiger partial charge in [0, 0.05) is 22.4 Å². The Hall–Kier alpha value is -1.46. The van der Waals surface area contributed by atoms with Crippen molar-refractivity contribution in [1.82, 2.24) is 9.97 Å². The Morgan fingerprint density at radius 2 is 2.18 bits per heavy atom. The number of carbonyl (C=O) groups excluding carboxylic acids is 1. The van der Waals surface area contributed by atoms with Crippen LogP contribution < -0.4 is 5.32 Å². The Labute approximate surface area is 111 Å². The van der Waals surface area contributed by atoms with Crippen LogP contribution in [0.3, 0.4) is 0 Å². The zero-order valence-electron chi connectivity index (χ0n) is 8.52. The van der Waals surface area contributed by atoms with E-state index in [2.05, 4.69) is 31.2 Å². The minimum absolute atomic E-state index is 0.278. The number of nitrogens with zero attached hydrogens (tertiary/aromatic N) is 2. The van der Waals surface area contributed by atoms with Crippen molar-refractivity contribution in [2.45, 2.75) is 0 Å². The summed E-state index contributed by atoms with van der Waals surface area (Å²) in [6, 6.07) is 4.97. The largest absolute Gasteiger partial charge is 0.305 e. The molecule has 4 nitrogen and oxygen atoms in total. The maximum Gasteiger partial charge on any atom is 0.256 e. The molecular formula is C11H7BrClN3O. The molecule has 2 rings (SSSR count). The maximum absolute atomic E-state index is 11.8. The molecular weight excluding hydrogens is 305 g/mol. The van der Waals surface area contributed by atoms with Gasteiger partial charge >= 0.3 is 0 Å². The molecule has 1 aromatic carbocycles. The molecule has 1 heterocycles. The van der Waals surface area contributed by atoms with Crippen LogP contribution in [0, 0.1) is 0 Å². The highest BCUT2D eigenvalue weighted by molar-refractivity contribution is 9.10. The Kier molecular flexibility index (Phi) is 3.71. The minimum Gasteiger partial charge on any atom is -0.305 e. The highest BCUT2D eigenvalue weighted by Gasteiger charge is 2.08. The summed E-state index contributed by atoms with van der Waals surface area (Å²) in [5.74, 6) is 0.122. The lowest BCUT2D eigenvalue weighted by Crippen LogP contribution is -2.12. The Morgan fingerprint density at radius 3 is 2.82 bits per heavy atom. The van der Waals surface area contributed by atoms with Gasteiger partial charge in [-0.15, -0.1) is 0 Å². The molecule has 0 radical (unpaired) electrons. The van der Waals surface area contributed by atoms with Crippen LogP contribution in [-0.4, -0.2) is 15.9 Å². The van der Waals surface area contributed by atoms with Crippen LogP contribution >= 0.6 is 27.5 Å². The van der Waals surface area contributed by atoms with Crippen molar-refractivity contribution in [3.05, 3.63) is 51.8 Å². The quantitative estimate of drug-likeness (QED) is 0.927. The van der Waals surface area contributed by atoms with Crippen molar-refractivity contribution < 1.29 is 4.79 Å². The summed E-state index contributed by atoms with van der Waals surface area (Å²) < 4.78 is 0.746. The molecule has 0 saturated carbocycles. The molecule has 17 heavy (non-hydrogen) atoms. The highest BCUT2D eigenvalue weighted by Crippen LogP contribution is 2.23. The summed E-state index contributed by atoms with van der Waals surface area (Å²) in [5, 5.41) is 3.10. The first kappa shape index (κ1) is 12.0. The fourth-order valence-electron chi connectivity index (χ4n) is 1.19. The van der Waals surface area contributed by atoms with Crippen molar-refractivity contribution in [3.8, 4) is 0 Å². The van der Waals surface area contributed by atoms with Crippen molar-refractivity contribution in [2.24, 2.45) is 0 Å². The van der Waals surface area contributed by atoms with Crippen molar-refractivity contribution in [1.29, 1.82) is 0 Å². The number of halogens is 2. The number of anilines is 1. The SMILES string of the molecule is O=C(Nc1cnccn1)c1ccc(Br)c(Cl)c1. The van der Waals surface area contributed by atoms with Crippen LogP contribution in [0.1, 0.15) is 10.4 Å². The monoisotopic (exact) mass is 311 g/mol. The molecule has 0 spiro atoms. The second-order valence-electron chi connectivity index (χ2n) is 3.17. The van der Waals surface area contributed by atoms with Gasteiger partial charge in [0.25, 0.3) is 5.91 Å². The molecule has 0 aliphatic rings. The zero-order chi connectivity index (χ0) is 12.3. The molecule has 1 aromatic heterocycles. The van der Waals surface area contributed by atoms with Gasteiger partial charge in [-0.05, 0) is 34.1 Å². The predicted octanol–water partition coefficient (Wildman–Crippen LogP) is 3.14. The third kappa shape index (κ3) is 3.01. The number of benzene rings is 1. The molecule has 6 heteroatoms. The Bertz CT molecular complexity index is 548. The van der Waals surface area contributed by atoms with E-state index in [0.29, 0.717) is 16.4 Å². The molecule has 0 bridgehead atoms. The van der Waals surface area contributed by atoms with Crippen LogP contribution in [0.15, 0.2) is 41.3 Å². The molecule has 86 valence electrons. The summed E-state index contributed by atoms with van der Waals surface area (Å²) in [7, 11) is 0. The summed E-state index contributed by atoms with van der Waals surface area (Å²) >= 11 is 9.17. The number of rotatable bonds is 2. The lowest BCUT2D eigenvalue weighted by molar-refractivity contribution is 0.102. The topological polar surface area (TPSA) is 54.9 Å². The Morgan fingerprint density at radius 1 is 1.35 bits per heavy atom. The maximum atomic E-state index is 11.8. The standard InChI is InChI=1S/C11H7BrClN3O/c12-8-2-1-7(5-9(8)13)11(17)16-10-6-14-3-4-15-10/h1-6H,(H,15,16,17). The van der Waals surface area contributed by atoms with Gasteiger partial charge in [0.2, 0.25) is 0 Å². The van der Waals surface area contributed by atoms with Crippen molar-refractivity contribution in [2.75, 3.05) is 5.32 Å².